The van der Waals surface area contributed by atoms with E-state index in [-0.39, 0.29) is 0 Å². The number of aryl methyl sites for hydroxylation is 1. The van der Waals surface area contributed by atoms with Gasteiger partial charge in [-0.05, 0) is 6.92 Å². The van der Waals surface area contributed by atoms with Crippen molar-refractivity contribution in [3.05, 3.63) is 5.82 Å². The topological polar surface area (TPSA) is 44.3 Å². The van der Waals surface area contributed by atoms with Crippen LogP contribution in [0.1, 0.15) is 5.82 Å². The Morgan fingerprint density at radius 3 is 2.81 bits per heavy atom. The minimum atomic E-state index is 0.869. The van der Waals surface area contributed by atoms with Crippen molar-refractivity contribution >= 4 is 16.7 Å². The zero-order valence-electron chi connectivity index (χ0n) is 9.94. The van der Waals surface area contributed by atoms with Gasteiger partial charge in [0.2, 0.25) is 5.13 Å². The third-order valence-electron chi connectivity index (χ3n) is 2.80. The highest BCUT2D eigenvalue weighted by atomic mass is 32.1. The molecule has 2 rings (SSSR count). The molecule has 0 saturated carbocycles. The third-order valence-corrected chi connectivity index (χ3v) is 3.73. The second-order valence-electron chi connectivity index (χ2n) is 4.14. The molecule has 0 spiro atoms. The molecule has 0 aromatic carbocycles. The van der Waals surface area contributed by atoms with Crippen molar-refractivity contribution in [2.75, 3.05) is 51.2 Å². The molecule has 1 saturated heterocycles. The Morgan fingerprint density at radius 1 is 1.44 bits per heavy atom. The van der Waals surface area contributed by atoms with Crippen LogP contribution in [0.2, 0.25) is 0 Å². The standard InChI is InChI=1S/C10H19N5S/c1-9-12-10(16-13-9)14(2)7-8-15-5-3-11-4-6-15/h11H,3-8H2,1-2H3. The van der Waals surface area contributed by atoms with Crippen molar-refractivity contribution in [3.63, 3.8) is 0 Å². The van der Waals surface area contributed by atoms with E-state index in [9.17, 15) is 0 Å². The van der Waals surface area contributed by atoms with E-state index in [0.29, 0.717) is 0 Å². The molecular formula is C10H19N5S. The van der Waals surface area contributed by atoms with Gasteiger partial charge in [0.15, 0.2) is 0 Å². The molecule has 6 heteroatoms. The predicted octanol–water partition coefficient (Wildman–Crippen LogP) is 0.188. The summed E-state index contributed by atoms with van der Waals surface area (Å²) in [6, 6.07) is 0. The summed E-state index contributed by atoms with van der Waals surface area (Å²) in [6.45, 7) is 8.60. The Morgan fingerprint density at radius 2 is 2.19 bits per heavy atom. The van der Waals surface area contributed by atoms with Crippen molar-refractivity contribution in [2.45, 2.75) is 6.92 Å². The van der Waals surface area contributed by atoms with Crippen LogP contribution in [0.25, 0.3) is 0 Å². The Bertz CT molecular complexity index is 321. The van der Waals surface area contributed by atoms with Gasteiger partial charge in [-0.2, -0.15) is 4.37 Å². The first-order valence-electron chi connectivity index (χ1n) is 5.70. The molecule has 0 atom stereocenters. The summed E-state index contributed by atoms with van der Waals surface area (Å²) in [4.78, 5) is 9.05. The predicted molar refractivity (Wildman–Crippen MR) is 67.2 cm³/mol. The maximum atomic E-state index is 4.38. The second-order valence-corrected chi connectivity index (χ2v) is 4.87. The summed E-state index contributed by atoms with van der Waals surface area (Å²) in [6.07, 6.45) is 0. The number of hydrogen-bond donors (Lipinski definition) is 1. The number of anilines is 1. The first-order chi connectivity index (χ1) is 7.75. The Labute approximate surface area is 101 Å². The second kappa shape index (κ2) is 5.56. The molecule has 16 heavy (non-hydrogen) atoms. The van der Waals surface area contributed by atoms with E-state index in [4.69, 9.17) is 0 Å². The Balaban J connectivity index is 1.76. The van der Waals surface area contributed by atoms with Gasteiger partial charge in [-0.3, -0.25) is 4.90 Å². The van der Waals surface area contributed by atoms with Gasteiger partial charge >= 0.3 is 0 Å². The molecule has 1 aromatic rings. The van der Waals surface area contributed by atoms with Crippen LogP contribution >= 0.6 is 11.5 Å². The fraction of sp³-hybridized carbons (Fsp3) is 0.800. The van der Waals surface area contributed by atoms with Crippen molar-refractivity contribution in [3.8, 4) is 0 Å². The van der Waals surface area contributed by atoms with Gasteiger partial charge in [0.05, 0.1) is 0 Å². The molecule has 2 heterocycles. The first kappa shape index (κ1) is 11.8. The SMILES string of the molecule is Cc1nsc(N(C)CCN2CCNCC2)n1. The zero-order valence-corrected chi connectivity index (χ0v) is 10.8. The average Bonchev–Trinajstić information content (AvgIpc) is 2.74. The van der Waals surface area contributed by atoms with Crippen LogP contribution in [-0.4, -0.2) is 60.6 Å². The van der Waals surface area contributed by atoms with Gasteiger partial charge < -0.3 is 10.2 Å². The van der Waals surface area contributed by atoms with Crippen molar-refractivity contribution in [1.29, 1.82) is 0 Å². The fourth-order valence-corrected chi connectivity index (χ4v) is 2.42. The van der Waals surface area contributed by atoms with E-state index >= 15 is 0 Å². The van der Waals surface area contributed by atoms with Gasteiger partial charge in [-0.25, -0.2) is 4.98 Å². The minimum absolute atomic E-state index is 0.869. The molecule has 1 N–H and O–H groups in total. The molecule has 1 fully saturated rings. The number of hydrogen-bond acceptors (Lipinski definition) is 6. The molecule has 1 aliphatic rings. The van der Waals surface area contributed by atoms with Crippen molar-refractivity contribution in [1.82, 2.24) is 19.6 Å². The summed E-state index contributed by atoms with van der Waals surface area (Å²) in [5.41, 5.74) is 0. The van der Waals surface area contributed by atoms with Crippen LogP contribution < -0.4 is 10.2 Å². The summed E-state index contributed by atoms with van der Waals surface area (Å²) in [7, 11) is 2.09. The summed E-state index contributed by atoms with van der Waals surface area (Å²) in [5.74, 6) is 0.869. The van der Waals surface area contributed by atoms with Gasteiger partial charge in [0.1, 0.15) is 5.82 Å². The molecule has 5 nitrogen and oxygen atoms in total. The van der Waals surface area contributed by atoms with Crippen LogP contribution in [0.4, 0.5) is 5.13 Å². The van der Waals surface area contributed by atoms with Gasteiger partial charge in [-0.1, -0.05) is 0 Å². The van der Waals surface area contributed by atoms with Gasteiger partial charge in [0.25, 0.3) is 0 Å². The largest absolute Gasteiger partial charge is 0.349 e. The molecule has 0 bridgehead atoms. The Hall–Kier alpha value is -0.720. The van der Waals surface area contributed by atoms with E-state index in [1.165, 1.54) is 11.5 Å². The maximum absolute atomic E-state index is 4.38. The first-order valence-corrected chi connectivity index (χ1v) is 6.47. The summed E-state index contributed by atoms with van der Waals surface area (Å²) < 4.78 is 4.20. The molecule has 90 valence electrons. The zero-order chi connectivity index (χ0) is 11.4. The fourth-order valence-electron chi connectivity index (χ4n) is 1.76. The van der Waals surface area contributed by atoms with Gasteiger partial charge in [-0.15, -0.1) is 0 Å². The lowest BCUT2D eigenvalue weighted by molar-refractivity contribution is 0.246. The van der Waals surface area contributed by atoms with Gasteiger partial charge in [0, 0.05) is 57.8 Å². The smallest absolute Gasteiger partial charge is 0.204 e. The number of aromatic nitrogens is 2. The molecule has 0 radical (unpaired) electrons. The van der Waals surface area contributed by atoms with E-state index in [1.54, 1.807) is 0 Å². The molecule has 0 aliphatic carbocycles. The van der Waals surface area contributed by atoms with Crippen LogP contribution in [0.3, 0.4) is 0 Å². The highest BCUT2D eigenvalue weighted by molar-refractivity contribution is 7.09. The quantitative estimate of drug-likeness (QED) is 0.815. The lowest BCUT2D eigenvalue weighted by Crippen LogP contribution is -2.46. The lowest BCUT2D eigenvalue weighted by atomic mass is 10.3. The van der Waals surface area contributed by atoms with E-state index < -0.39 is 0 Å². The van der Waals surface area contributed by atoms with Crippen molar-refractivity contribution in [2.24, 2.45) is 0 Å². The normalized spacial score (nSPS) is 17.6. The number of rotatable bonds is 4. The van der Waals surface area contributed by atoms with Crippen LogP contribution in [0.15, 0.2) is 0 Å². The molecule has 0 amide bonds. The maximum Gasteiger partial charge on any atom is 0.204 e. The molecule has 1 aromatic heterocycles. The number of piperazine rings is 1. The monoisotopic (exact) mass is 241 g/mol. The number of nitrogens with one attached hydrogen (secondary N) is 1. The lowest BCUT2D eigenvalue weighted by Gasteiger charge is -2.28. The van der Waals surface area contributed by atoms with E-state index in [2.05, 4.69) is 31.5 Å². The molecule has 0 unspecified atom stereocenters. The molecule has 1 aliphatic heterocycles. The summed E-state index contributed by atoms with van der Waals surface area (Å²) in [5, 5.41) is 4.38. The molecular weight excluding hydrogens is 222 g/mol. The highest BCUT2D eigenvalue weighted by Crippen LogP contribution is 2.14. The van der Waals surface area contributed by atoms with Crippen LogP contribution in [-0.2, 0) is 0 Å². The highest BCUT2D eigenvalue weighted by Gasteiger charge is 2.11. The number of nitrogens with zero attached hydrogens (tertiary/aromatic N) is 4. The Kier molecular flexibility index (Phi) is 4.09. The van der Waals surface area contributed by atoms with Crippen LogP contribution in [0.5, 0.6) is 0 Å². The summed E-state index contributed by atoms with van der Waals surface area (Å²) >= 11 is 1.48. The van der Waals surface area contributed by atoms with Crippen LogP contribution in [0, 0.1) is 6.92 Å². The third kappa shape index (κ3) is 3.13. The average molecular weight is 241 g/mol. The van der Waals surface area contributed by atoms with E-state index in [0.717, 1.165) is 50.2 Å². The van der Waals surface area contributed by atoms with E-state index in [1.807, 2.05) is 6.92 Å². The number of likely N-dealkylation sites (N-methyl/N-ethyl adjacent to an activating group) is 1. The van der Waals surface area contributed by atoms with Crippen molar-refractivity contribution < 1.29 is 0 Å². The minimum Gasteiger partial charge on any atom is -0.349 e.